The minimum atomic E-state index is -0.987. The Morgan fingerprint density at radius 1 is 1.35 bits per heavy atom. The highest BCUT2D eigenvalue weighted by Gasteiger charge is 2.15. The van der Waals surface area contributed by atoms with Crippen LogP contribution in [0.2, 0.25) is 0 Å². The number of hydrogen-bond donors (Lipinski definition) is 3. The van der Waals surface area contributed by atoms with Crippen molar-refractivity contribution in [1.82, 2.24) is 4.98 Å². The lowest BCUT2D eigenvalue weighted by molar-refractivity contribution is -0.136. The van der Waals surface area contributed by atoms with Crippen molar-refractivity contribution in [1.29, 1.82) is 0 Å². The fourth-order valence-electron chi connectivity index (χ4n) is 2.00. The summed E-state index contributed by atoms with van der Waals surface area (Å²) in [5.41, 5.74) is 1.95. The number of anilines is 2. The van der Waals surface area contributed by atoms with Crippen LogP contribution in [0, 0.1) is 12.8 Å². The minimum absolute atomic E-state index is 0.217. The maximum atomic E-state index is 12.3. The molecule has 0 saturated carbocycles. The zero-order chi connectivity index (χ0) is 19.3. The number of rotatable bonds is 7. The molecule has 0 fully saturated rings. The summed E-state index contributed by atoms with van der Waals surface area (Å²) in [7, 11) is 0. The first kappa shape index (κ1) is 20.2. The number of carboxylic acid groups (broad SMARTS) is 1. The molecule has 0 bridgehead atoms. The largest absolute Gasteiger partial charge is 0.491 e. The van der Waals surface area contributed by atoms with Crippen LogP contribution >= 0.6 is 27.3 Å². The molecular weight excluding hydrogens is 422 g/mol. The summed E-state index contributed by atoms with van der Waals surface area (Å²) in [5.74, 6) is -0.0307. The minimum Gasteiger partial charge on any atom is -0.491 e. The lowest BCUT2D eigenvalue weighted by Gasteiger charge is -2.14. The topological polar surface area (TPSA) is 101 Å². The van der Waals surface area contributed by atoms with Crippen LogP contribution in [0.4, 0.5) is 15.6 Å². The molecule has 0 saturated heterocycles. The van der Waals surface area contributed by atoms with Gasteiger partial charge in [-0.1, -0.05) is 31.3 Å². The SMILES string of the molecule is Cc1ccc(NC(=O)Nc2nc(CC(=O)O)c(Br)s2)c(OCC(C)C)c1. The van der Waals surface area contributed by atoms with E-state index in [1.807, 2.05) is 32.9 Å². The molecule has 0 aliphatic rings. The Morgan fingerprint density at radius 3 is 2.73 bits per heavy atom. The Bertz CT molecular complexity index is 807. The Morgan fingerprint density at radius 2 is 2.08 bits per heavy atom. The molecule has 0 aliphatic carbocycles. The summed E-state index contributed by atoms with van der Waals surface area (Å²) in [5, 5.41) is 14.5. The van der Waals surface area contributed by atoms with Gasteiger partial charge in [-0.25, -0.2) is 9.78 Å². The van der Waals surface area contributed by atoms with Crippen molar-refractivity contribution >= 4 is 50.1 Å². The van der Waals surface area contributed by atoms with Crippen LogP contribution in [0.25, 0.3) is 0 Å². The van der Waals surface area contributed by atoms with Crippen LogP contribution in [-0.4, -0.2) is 28.7 Å². The van der Waals surface area contributed by atoms with Crippen molar-refractivity contribution in [3.8, 4) is 5.75 Å². The van der Waals surface area contributed by atoms with Gasteiger partial charge in [0.25, 0.3) is 0 Å². The lowest BCUT2D eigenvalue weighted by Crippen LogP contribution is -2.20. The summed E-state index contributed by atoms with van der Waals surface area (Å²) >= 11 is 4.41. The molecule has 26 heavy (non-hydrogen) atoms. The molecule has 9 heteroatoms. The van der Waals surface area contributed by atoms with Gasteiger partial charge in [0.15, 0.2) is 5.13 Å². The number of aliphatic carboxylic acids is 1. The average molecular weight is 442 g/mol. The van der Waals surface area contributed by atoms with Gasteiger partial charge < -0.3 is 15.2 Å². The third-order valence-electron chi connectivity index (χ3n) is 3.15. The van der Waals surface area contributed by atoms with E-state index in [0.717, 1.165) is 16.9 Å². The van der Waals surface area contributed by atoms with Crippen molar-refractivity contribution in [2.45, 2.75) is 27.2 Å². The highest BCUT2D eigenvalue weighted by molar-refractivity contribution is 9.11. The number of nitrogens with zero attached hydrogens (tertiary/aromatic N) is 1. The van der Waals surface area contributed by atoms with Crippen molar-refractivity contribution < 1.29 is 19.4 Å². The quantitative estimate of drug-likeness (QED) is 0.586. The molecule has 0 spiro atoms. The number of halogens is 1. The number of nitrogens with one attached hydrogen (secondary N) is 2. The predicted molar refractivity (Wildman–Crippen MR) is 105 cm³/mol. The van der Waals surface area contributed by atoms with E-state index in [-0.39, 0.29) is 6.42 Å². The Balaban J connectivity index is 2.07. The molecule has 1 aromatic heterocycles. The molecule has 2 aromatic rings. The highest BCUT2D eigenvalue weighted by atomic mass is 79.9. The van der Waals surface area contributed by atoms with Crippen molar-refractivity contribution in [2.75, 3.05) is 17.2 Å². The van der Waals surface area contributed by atoms with Gasteiger partial charge in [-0.3, -0.25) is 10.1 Å². The molecule has 1 aromatic carbocycles. The zero-order valence-electron chi connectivity index (χ0n) is 14.6. The number of ether oxygens (including phenoxy) is 1. The van der Waals surface area contributed by atoms with Gasteiger partial charge in [0.2, 0.25) is 0 Å². The lowest BCUT2D eigenvalue weighted by atomic mass is 10.2. The second-order valence-electron chi connectivity index (χ2n) is 6.09. The van der Waals surface area contributed by atoms with E-state index in [4.69, 9.17) is 9.84 Å². The maximum Gasteiger partial charge on any atom is 0.325 e. The predicted octanol–water partition coefficient (Wildman–Crippen LogP) is 4.52. The summed E-state index contributed by atoms with van der Waals surface area (Å²) in [6.45, 7) is 6.58. The van der Waals surface area contributed by atoms with E-state index >= 15 is 0 Å². The van der Waals surface area contributed by atoms with Gasteiger partial charge in [0.05, 0.1) is 28.2 Å². The van der Waals surface area contributed by atoms with E-state index in [0.29, 0.717) is 38.6 Å². The number of hydrogen-bond acceptors (Lipinski definition) is 5. The molecular formula is C17H20BrN3O4S. The van der Waals surface area contributed by atoms with Gasteiger partial charge >= 0.3 is 12.0 Å². The van der Waals surface area contributed by atoms with E-state index in [9.17, 15) is 9.59 Å². The molecule has 2 rings (SSSR count). The smallest absolute Gasteiger partial charge is 0.325 e. The van der Waals surface area contributed by atoms with Crippen LogP contribution in [-0.2, 0) is 11.2 Å². The molecule has 7 nitrogen and oxygen atoms in total. The molecule has 0 radical (unpaired) electrons. The second-order valence-corrected chi connectivity index (χ2v) is 8.41. The molecule has 140 valence electrons. The van der Waals surface area contributed by atoms with Gasteiger partial charge in [-0.15, -0.1) is 0 Å². The van der Waals surface area contributed by atoms with Gasteiger partial charge in [-0.05, 0) is 46.5 Å². The first-order valence-corrected chi connectivity index (χ1v) is 9.54. The van der Waals surface area contributed by atoms with Crippen molar-refractivity contribution in [2.24, 2.45) is 5.92 Å². The van der Waals surface area contributed by atoms with E-state index in [1.165, 1.54) is 0 Å². The number of benzene rings is 1. The number of urea groups is 1. The fourth-order valence-corrected chi connectivity index (χ4v) is 3.39. The van der Waals surface area contributed by atoms with Crippen LogP contribution in [0.3, 0.4) is 0 Å². The molecule has 3 N–H and O–H groups in total. The molecule has 0 unspecified atom stereocenters. The van der Waals surface area contributed by atoms with Crippen molar-refractivity contribution in [3.63, 3.8) is 0 Å². The van der Waals surface area contributed by atoms with Gasteiger partial charge in [0.1, 0.15) is 5.75 Å². The van der Waals surface area contributed by atoms with Crippen molar-refractivity contribution in [3.05, 3.63) is 33.2 Å². The number of aryl methyl sites for hydroxylation is 1. The Hall–Kier alpha value is -2.13. The Kier molecular flexibility index (Phi) is 6.98. The first-order chi connectivity index (χ1) is 12.2. The third kappa shape index (κ3) is 5.99. The normalized spacial score (nSPS) is 10.7. The number of thiazole rings is 1. The fraction of sp³-hybridized carbons (Fsp3) is 0.353. The van der Waals surface area contributed by atoms with Crippen LogP contribution in [0.1, 0.15) is 25.1 Å². The highest BCUT2D eigenvalue weighted by Crippen LogP contribution is 2.30. The van der Waals surface area contributed by atoms with Gasteiger partial charge in [0, 0.05) is 0 Å². The number of aromatic nitrogens is 1. The summed E-state index contributed by atoms with van der Waals surface area (Å²) in [4.78, 5) is 27.2. The van der Waals surface area contributed by atoms with Crippen LogP contribution in [0.15, 0.2) is 22.0 Å². The van der Waals surface area contributed by atoms with E-state index < -0.39 is 12.0 Å². The van der Waals surface area contributed by atoms with E-state index in [2.05, 4.69) is 31.5 Å². The van der Waals surface area contributed by atoms with E-state index in [1.54, 1.807) is 6.07 Å². The van der Waals surface area contributed by atoms with Crippen LogP contribution < -0.4 is 15.4 Å². The van der Waals surface area contributed by atoms with Crippen LogP contribution in [0.5, 0.6) is 5.75 Å². The maximum absolute atomic E-state index is 12.3. The summed E-state index contributed by atoms with van der Waals surface area (Å²) in [6.07, 6.45) is -0.217. The Labute approximate surface area is 163 Å². The number of carbonyl (C=O) groups is 2. The first-order valence-electron chi connectivity index (χ1n) is 7.93. The average Bonchev–Trinajstić information content (AvgIpc) is 2.86. The second kappa shape index (κ2) is 9.00. The van der Waals surface area contributed by atoms with Gasteiger partial charge in [-0.2, -0.15) is 0 Å². The molecule has 0 atom stereocenters. The number of carbonyl (C=O) groups excluding carboxylic acids is 1. The molecule has 1 heterocycles. The number of amides is 2. The summed E-state index contributed by atoms with van der Waals surface area (Å²) < 4.78 is 6.34. The molecule has 0 aliphatic heterocycles. The molecule has 2 amide bonds. The third-order valence-corrected chi connectivity index (χ3v) is 4.89. The monoisotopic (exact) mass is 441 g/mol. The summed E-state index contributed by atoms with van der Waals surface area (Å²) in [6, 6.07) is 5.04. The zero-order valence-corrected chi connectivity index (χ0v) is 17.0. The standard InChI is InChI=1S/C17H20BrN3O4S/c1-9(2)8-25-13-6-10(3)4-5-11(13)19-16(24)21-17-20-12(7-14(22)23)15(18)26-17/h4-6,9H,7-8H2,1-3H3,(H,22,23)(H2,19,20,21,24). The number of carboxylic acids is 1.